The van der Waals surface area contributed by atoms with E-state index >= 15 is 0 Å². The minimum absolute atomic E-state index is 0.205. The molecule has 1 saturated carbocycles. The van der Waals surface area contributed by atoms with Gasteiger partial charge < -0.3 is 15.8 Å². The summed E-state index contributed by atoms with van der Waals surface area (Å²) in [4.78, 5) is 11.9. The molecule has 0 amide bonds. The number of hydrogen-bond donors (Lipinski definition) is 3. The fourth-order valence-electron chi connectivity index (χ4n) is 1.80. The molecular formula is C11H14N4O. The highest BCUT2D eigenvalue weighted by atomic mass is 16.3. The van der Waals surface area contributed by atoms with E-state index in [0.717, 1.165) is 22.6 Å². The van der Waals surface area contributed by atoms with Gasteiger partial charge in [0.15, 0.2) is 5.65 Å². The lowest BCUT2D eigenvalue weighted by atomic mass is 10.1. The Labute approximate surface area is 92.7 Å². The number of nitrogens with one attached hydrogen (secondary N) is 1. The van der Waals surface area contributed by atoms with Gasteiger partial charge in [0.25, 0.3) is 0 Å². The molecule has 4 N–H and O–H groups in total. The Morgan fingerprint density at radius 3 is 3.06 bits per heavy atom. The number of pyridine rings is 1. The molecule has 2 aromatic rings. The summed E-state index contributed by atoms with van der Waals surface area (Å²) >= 11 is 0. The summed E-state index contributed by atoms with van der Waals surface area (Å²) in [6.07, 6.45) is 3.40. The van der Waals surface area contributed by atoms with Gasteiger partial charge in [0.1, 0.15) is 5.82 Å². The maximum atomic E-state index is 9.62. The topological polar surface area (TPSA) is 87.8 Å². The van der Waals surface area contributed by atoms with Crippen LogP contribution >= 0.6 is 0 Å². The van der Waals surface area contributed by atoms with E-state index < -0.39 is 6.10 Å². The molecule has 0 saturated heterocycles. The monoisotopic (exact) mass is 218 g/mol. The molecule has 0 aromatic carbocycles. The standard InChI is InChI=1S/C11H14N4O/c12-4-9(16)7-3-8-11(13-5-7)15-10(14-8)6-1-2-6/h3,5-6,9,16H,1-2,4,12H2,(H,13,14,15). The lowest BCUT2D eigenvalue weighted by molar-refractivity contribution is 0.186. The number of hydrogen-bond acceptors (Lipinski definition) is 4. The van der Waals surface area contributed by atoms with Crippen LogP contribution in [0.2, 0.25) is 0 Å². The average molecular weight is 218 g/mol. The van der Waals surface area contributed by atoms with E-state index in [4.69, 9.17) is 5.73 Å². The summed E-state index contributed by atoms with van der Waals surface area (Å²) in [5, 5.41) is 9.62. The van der Waals surface area contributed by atoms with Crippen molar-refractivity contribution in [2.75, 3.05) is 6.54 Å². The van der Waals surface area contributed by atoms with Crippen molar-refractivity contribution in [1.82, 2.24) is 15.0 Å². The van der Waals surface area contributed by atoms with Gasteiger partial charge in [-0.1, -0.05) is 0 Å². The Bertz CT molecular complexity index is 518. The quantitative estimate of drug-likeness (QED) is 0.712. The number of aromatic nitrogens is 3. The zero-order chi connectivity index (χ0) is 11.1. The first-order chi connectivity index (χ1) is 7.78. The Morgan fingerprint density at radius 1 is 1.56 bits per heavy atom. The highest BCUT2D eigenvalue weighted by Crippen LogP contribution is 2.38. The van der Waals surface area contributed by atoms with Gasteiger partial charge in [0.05, 0.1) is 11.6 Å². The number of nitrogens with zero attached hydrogens (tertiary/aromatic N) is 2. The normalized spacial score (nSPS) is 17.9. The van der Waals surface area contributed by atoms with Gasteiger partial charge in [0.2, 0.25) is 0 Å². The molecule has 1 unspecified atom stereocenters. The molecule has 1 aliphatic rings. The zero-order valence-corrected chi connectivity index (χ0v) is 8.85. The minimum atomic E-state index is -0.649. The summed E-state index contributed by atoms with van der Waals surface area (Å²) in [7, 11) is 0. The van der Waals surface area contributed by atoms with Gasteiger partial charge in [-0.15, -0.1) is 0 Å². The van der Waals surface area contributed by atoms with Crippen molar-refractivity contribution < 1.29 is 5.11 Å². The summed E-state index contributed by atoms with van der Waals surface area (Å²) < 4.78 is 0. The van der Waals surface area contributed by atoms with Crippen LogP contribution in [0.5, 0.6) is 0 Å². The highest BCUT2D eigenvalue weighted by molar-refractivity contribution is 5.71. The van der Waals surface area contributed by atoms with E-state index in [1.165, 1.54) is 12.8 Å². The molecular weight excluding hydrogens is 204 g/mol. The molecule has 16 heavy (non-hydrogen) atoms. The third kappa shape index (κ3) is 1.58. The Hall–Kier alpha value is -1.46. The second-order valence-electron chi connectivity index (χ2n) is 4.29. The van der Waals surface area contributed by atoms with Gasteiger partial charge in [-0.25, -0.2) is 9.97 Å². The van der Waals surface area contributed by atoms with Crippen LogP contribution in [-0.4, -0.2) is 26.6 Å². The van der Waals surface area contributed by atoms with Gasteiger partial charge in [0, 0.05) is 24.2 Å². The molecule has 1 atom stereocenters. The molecule has 5 heteroatoms. The number of nitrogens with two attached hydrogens (primary N) is 1. The Morgan fingerprint density at radius 2 is 2.38 bits per heavy atom. The summed E-state index contributed by atoms with van der Waals surface area (Å²) in [6, 6.07) is 1.87. The van der Waals surface area contributed by atoms with Crippen LogP contribution in [0.25, 0.3) is 11.2 Å². The second-order valence-corrected chi connectivity index (χ2v) is 4.29. The zero-order valence-electron chi connectivity index (χ0n) is 8.85. The number of H-pyrrole nitrogens is 1. The van der Waals surface area contributed by atoms with Crippen molar-refractivity contribution in [3.05, 3.63) is 23.7 Å². The van der Waals surface area contributed by atoms with Crippen LogP contribution in [-0.2, 0) is 0 Å². The molecule has 2 heterocycles. The number of rotatable bonds is 3. The molecule has 0 radical (unpaired) electrons. The summed E-state index contributed by atoms with van der Waals surface area (Å²) in [5.41, 5.74) is 7.74. The van der Waals surface area contributed by atoms with E-state index in [2.05, 4.69) is 15.0 Å². The van der Waals surface area contributed by atoms with Gasteiger partial charge in [-0.05, 0) is 18.9 Å². The second kappa shape index (κ2) is 3.54. The van der Waals surface area contributed by atoms with Crippen LogP contribution in [0.15, 0.2) is 12.3 Å². The summed E-state index contributed by atoms with van der Waals surface area (Å²) in [6.45, 7) is 0.205. The third-order valence-corrected chi connectivity index (χ3v) is 2.95. The van der Waals surface area contributed by atoms with E-state index in [9.17, 15) is 5.11 Å². The van der Waals surface area contributed by atoms with Crippen LogP contribution in [0.1, 0.15) is 36.3 Å². The first-order valence-electron chi connectivity index (χ1n) is 5.51. The molecule has 0 spiro atoms. The van der Waals surface area contributed by atoms with Crippen LogP contribution in [0.3, 0.4) is 0 Å². The van der Waals surface area contributed by atoms with Crippen molar-refractivity contribution in [1.29, 1.82) is 0 Å². The Balaban J connectivity index is 2.02. The highest BCUT2D eigenvalue weighted by Gasteiger charge is 2.27. The molecule has 84 valence electrons. The van der Waals surface area contributed by atoms with E-state index in [1.54, 1.807) is 6.20 Å². The molecule has 1 aliphatic carbocycles. The SMILES string of the molecule is NCC(O)c1cnc2nc(C3CC3)[nH]c2c1. The number of aromatic amines is 1. The van der Waals surface area contributed by atoms with E-state index in [0.29, 0.717) is 5.92 Å². The predicted octanol–water partition coefficient (Wildman–Crippen LogP) is 0.827. The number of fused-ring (bicyclic) bond motifs is 1. The first kappa shape index (κ1) is 9.74. The van der Waals surface area contributed by atoms with Crippen molar-refractivity contribution in [3.8, 4) is 0 Å². The van der Waals surface area contributed by atoms with Crippen molar-refractivity contribution in [2.45, 2.75) is 24.9 Å². The molecule has 3 rings (SSSR count). The fraction of sp³-hybridized carbons (Fsp3) is 0.455. The van der Waals surface area contributed by atoms with Crippen LogP contribution in [0.4, 0.5) is 0 Å². The van der Waals surface area contributed by atoms with Gasteiger partial charge in [-0.2, -0.15) is 0 Å². The predicted molar refractivity (Wildman–Crippen MR) is 59.9 cm³/mol. The molecule has 0 bridgehead atoms. The van der Waals surface area contributed by atoms with Crippen molar-refractivity contribution in [2.24, 2.45) is 5.73 Å². The van der Waals surface area contributed by atoms with Gasteiger partial charge >= 0.3 is 0 Å². The lowest BCUT2D eigenvalue weighted by Crippen LogP contribution is -2.11. The van der Waals surface area contributed by atoms with Crippen LogP contribution in [0, 0.1) is 0 Å². The number of imidazole rings is 1. The lowest BCUT2D eigenvalue weighted by Gasteiger charge is -2.06. The minimum Gasteiger partial charge on any atom is -0.387 e. The van der Waals surface area contributed by atoms with Crippen molar-refractivity contribution in [3.63, 3.8) is 0 Å². The maximum Gasteiger partial charge on any atom is 0.177 e. The number of aliphatic hydroxyl groups is 1. The average Bonchev–Trinajstić information content (AvgIpc) is 3.07. The third-order valence-electron chi connectivity index (χ3n) is 2.95. The largest absolute Gasteiger partial charge is 0.387 e. The molecule has 1 fully saturated rings. The smallest absolute Gasteiger partial charge is 0.177 e. The van der Waals surface area contributed by atoms with E-state index in [-0.39, 0.29) is 6.54 Å². The summed E-state index contributed by atoms with van der Waals surface area (Å²) in [5.74, 6) is 1.60. The number of aliphatic hydroxyl groups excluding tert-OH is 1. The molecule has 5 nitrogen and oxygen atoms in total. The van der Waals surface area contributed by atoms with Crippen LogP contribution < -0.4 is 5.73 Å². The fourth-order valence-corrected chi connectivity index (χ4v) is 1.80. The molecule has 0 aliphatic heterocycles. The van der Waals surface area contributed by atoms with E-state index in [1.807, 2.05) is 6.07 Å². The van der Waals surface area contributed by atoms with Gasteiger partial charge in [-0.3, -0.25) is 0 Å². The first-order valence-corrected chi connectivity index (χ1v) is 5.51. The molecule has 2 aromatic heterocycles. The maximum absolute atomic E-state index is 9.62. The Kier molecular flexibility index (Phi) is 2.15. The van der Waals surface area contributed by atoms with Crippen molar-refractivity contribution >= 4 is 11.2 Å².